The van der Waals surface area contributed by atoms with Gasteiger partial charge < -0.3 is 30.2 Å². The second-order valence-corrected chi connectivity index (χ2v) is 16.2. The van der Waals surface area contributed by atoms with Gasteiger partial charge in [-0.2, -0.15) is 13.2 Å². The number of halogens is 4. The van der Waals surface area contributed by atoms with Crippen molar-refractivity contribution < 1.29 is 54.6 Å². The molecule has 2 aliphatic rings. The van der Waals surface area contributed by atoms with E-state index in [0.29, 0.717) is 38.3 Å². The summed E-state index contributed by atoms with van der Waals surface area (Å²) in [5.41, 5.74) is -5.64. The molecule has 6 rings (SSSR count). The number of carbonyl (C=O) groups excluding carboxylic acids is 3. The number of sulfone groups is 1. The predicted octanol–water partition coefficient (Wildman–Crippen LogP) is 6.70. The molecule has 0 bridgehead atoms. The molecule has 0 spiro atoms. The van der Waals surface area contributed by atoms with E-state index in [1.165, 1.54) is 19.2 Å². The summed E-state index contributed by atoms with van der Waals surface area (Å²) >= 11 is 0. The Kier molecular flexibility index (Phi) is 11.9. The van der Waals surface area contributed by atoms with Crippen LogP contribution >= 0.6 is 0 Å². The minimum absolute atomic E-state index is 0.0655. The van der Waals surface area contributed by atoms with Crippen LogP contribution in [0.15, 0.2) is 83.8 Å². The molecule has 1 aliphatic carbocycles. The van der Waals surface area contributed by atoms with Crippen molar-refractivity contribution in [1.29, 1.82) is 0 Å². The van der Waals surface area contributed by atoms with Crippen molar-refractivity contribution in [2.75, 3.05) is 25.5 Å². The summed E-state index contributed by atoms with van der Waals surface area (Å²) in [6.45, 7) is 2.48. The maximum Gasteiger partial charge on any atom is 0.501 e. The fraction of sp³-hybridized carbons (Fsp3) is 0.375. The highest BCUT2D eigenvalue weighted by molar-refractivity contribution is 7.92. The van der Waals surface area contributed by atoms with Crippen molar-refractivity contribution in [3.63, 3.8) is 0 Å². The molecule has 0 aromatic heterocycles. The topological polar surface area (TPSA) is 149 Å². The van der Waals surface area contributed by atoms with Gasteiger partial charge in [0.25, 0.3) is 15.7 Å². The molecule has 11 nitrogen and oxygen atoms in total. The van der Waals surface area contributed by atoms with Crippen LogP contribution in [-0.4, -0.2) is 64.1 Å². The quantitative estimate of drug-likeness (QED) is 0.111. The van der Waals surface area contributed by atoms with Crippen LogP contribution in [0, 0.1) is 17.2 Å². The second-order valence-electron chi connectivity index (χ2n) is 14.2. The number of nitrogens with one attached hydrogen (secondary N) is 3. The van der Waals surface area contributed by atoms with Gasteiger partial charge >= 0.3 is 11.5 Å². The molecule has 1 aliphatic heterocycles. The van der Waals surface area contributed by atoms with Crippen molar-refractivity contribution in [2.45, 2.75) is 68.2 Å². The van der Waals surface area contributed by atoms with E-state index in [2.05, 4.69) is 16.0 Å². The first-order valence-electron chi connectivity index (χ1n) is 18.0. The lowest BCUT2D eigenvalue weighted by molar-refractivity contribution is -0.159. The normalized spacial score (nSPS) is 21.5. The number of hydrogen-bond donors (Lipinski definition) is 3. The maximum atomic E-state index is 15.3. The van der Waals surface area contributed by atoms with Crippen molar-refractivity contribution in [3.8, 4) is 11.5 Å². The lowest BCUT2D eigenvalue weighted by atomic mass is 9.74. The number of rotatable bonds is 11. The van der Waals surface area contributed by atoms with E-state index in [1.54, 1.807) is 0 Å². The Morgan fingerprint density at radius 1 is 0.929 bits per heavy atom. The summed E-state index contributed by atoms with van der Waals surface area (Å²) in [6.07, 6.45) is 1.52. The molecule has 1 saturated heterocycles. The average Bonchev–Trinajstić information content (AvgIpc) is 3.18. The number of carbonyl (C=O) groups is 3. The first-order valence-corrected chi connectivity index (χ1v) is 19.5. The number of esters is 1. The zero-order valence-electron chi connectivity index (χ0n) is 30.6. The number of ether oxygens (including phenoxy) is 3. The predicted molar refractivity (Wildman–Crippen MR) is 198 cm³/mol. The molecule has 0 unspecified atom stereocenters. The van der Waals surface area contributed by atoms with Crippen molar-refractivity contribution >= 4 is 44.1 Å². The molecular weight excluding hydrogens is 759 g/mol. The van der Waals surface area contributed by atoms with E-state index in [-0.39, 0.29) is 48.3 Å². The lowest BCUT2D eigenvalue weighted by Gasteiger charge is -2.35. The van der Waals surface area contributed by atoms with Gasteiger partial charge in [-0.15, -0.1) is 0 Å². The van der Waals surface area contributed by atoms with Crippen molar-refractivity contribution in [1.82, 2.24) is 10.6 Å². The SMILES string of the molecule is COc1cc(F)c(OC2CCC(C)(C(=O)OCc3cccc4ccccc34)CC2)cc1C(=O)N[C@H]1CCNC[C@H]1C(=O)Nc1cccc(S(=O)(=O)C(F)(F)F)c1. The van der Waals surface area contributed by atoms with E-state index in [0.717, 1.165) is 34.5 Å². The third-order valence-corrected chi connectivity index (χ3v) is 11.9. The van der Waals surface area contributed by atoms with Crippen LogP contribution in [-0.2, 0) is 30.8 Å². The van der Waals surface area contributed by atoms with Crippen LogP contribution in [0.25, 0.3) is 10.8 Å². The van der Waals surface area contributed by atoms with Gasteiger partial charge in [0.15, 0.2) is 11.6 Å². The van der Waals surface area contributed by atoms with Crippen molar-refractivity contribution in [2.24, 2.45) is 11.3 Å². The number of piperidine rings is 1. The van der Waals surface area contributed by atoms with Gasteiger partial charge in [0.2, 0.25) is 5.91 Å². The number of benzene rings is 4. The van der Waals surface area contributed by atoms with Gasteiger partial charge in [-0.3, -0.25) is 14.4 Å². The first-order chi connectivity index (χ1) is 26.6. The van der Waals surface area contributed by atoms with Crippen LogP contribution in [0.4, 0.5) is 23.2 Å². The number of amides is 2. The smallest absolute Gasteiger partial charge is 0.496 e. The van der Waals surface area contributed by atoms with Gasteiger partial charge in [0.1, 0.15) is 12.4 Å². The third-order valence-electron chi connectivity index (χ3n) is 10.4. The first kappa shape index (κ1) is 40.4. The number of hydrogen-bond acceptors (Lipinski definition) is 9. The Labute approximate surface area is 321 Å². The third kappa shape index (κ3) is 8.76. The van der Waals surface area contributed by atoms with E-state index in [9.17, 15) is 36.0 Å². The number of anilines is 1. The Balaban J connectivity index is 1.08. The lowest BCUT2D eigenvalue weighted by Crippen LogP contribution is -2.53. The van der Waals surface area contributed by atoms with E-state index in [4.69, 9.17) is 14.2 Å². The highest BCUT2D eigenvalue weighted by atomic mass is 32.2. The Hall–Kier alpha value is -5.22. The van der Waals surface area contributed by atoms with Gasteiger partial charge in [0.05, 0.1) is 35.0 Å². The molecule has 0 radical (unpaired) electrons. The monoisotopic (exact) mass is 799 g/mol. The summed E-state index contributed by atoms with van der Waals surface area (Å²) in [4.78, 5) is 39.2. The highest BCUT2D eigenvalue weighted by Gasteiger charge is 2.47. The van der Waals surface area contributed by atoms with Crippen LogP contribution in [0.5, 0.6) is 11.5 Å². The molecule has 4 aromatic carbocycles. The standard InChI is InChI=1S/C40H41F4N3O8S/c1-39(38(50)54-23-25-9-5-8-24-7-3-4-12-29(24)25)16-13-27(14-17-39)55-35-20-30(34(53-2)21-32(35)41)36(48)47-33-15-18-45-22-31(33)37(49)46-26-10-6-11-28(19-26)56(51,52)40(42,43)44/h3-12,19-21,27,31,33,45H,13-18,22-23H2,1-2H3,(H,46,49)(H,47,48)/t27?,31-,33+,39?/m1/s1. The van der Waals surface area contributed by atoms with Gasteiger partial charge in [0, 0.05) is 24.3 Å². The number of alkyl halides is 3. The molecule has 2 fully saturated rings. The number of methoxy groups -OCH3 is 1. The molecule has 56 heavy (non-hydrogen) atoms. The van der Waals surface area contributed by atoms with Gasteiger partial charge in [-0.05, 0) is 86.2 Å². The Morgan fingerprint density at radius 3 is 2.38 bits per heavy atom. The minimum atomic E-state index is -5.65. The Morgan fingerprint density at radius 2 is 1.64 bits per heavy atom. The highest BCUT2D eigenvalue weighted by Crippen LogP contribution is 2.40. The maximum absolute atomic E-state index is 15.3. The fourth-order valence-corrected chi connectivity index (χ4v) is 7.91. The zero-order chi connectivity index (χ0) is 40.3. The zero-order valence-corrected chi connectivity index (χ0v) is 31.4. The number of fused-ring (bicyclic) bond motifs is 1. The van der Waals surface area contributed by atoms with Gasteiger partial charge in [-0.1, -0.05) is 48.5 Å². The summed E-state index contributed by atoms with van der Waals surface area (Å²) in [5.74, 6) is -3.68. The minimum Gasteiger partial charge on any atom is -0.496 e. The van der Waals surface area contributed by atoms with Crippen LogP contribution in [0.1, 0.15) is 54.9 Å². The largest absolute Gasteiger partial charge is 0.501 e. The van der Waals surface area contributed by atoms with E-state index < -0.39 is 61.4 Å². The summed E-state index contributed by atoms with van der Waals surface area (Å²) in [5, 5.41) is 10.3. The molecule has 298 valence electrons. The summed E-state index contributed by atoms with van der Waals surface area (Å²) in [7, 11) is -4.39. The second kappa shape index (κ2) is 16.5. The fourth-order valence-electron chi connectivity index (χ4n) is 7.10. The van der Waals surface area contributed by atoms with E-state index >= 15 is 4.39 Å². The molecule has 3 N–H and O–H groups in total. The Bertz CT molecular complexity index is 2220. The molecule has 1 saturated carbocycles. The van der Waals surface area contributed by atoms with Crippen LogP contribution in [0.3, 0.4) is 0 Å². The molecular formula is C40H41F4N3O8S. The van der Waals surface area contributed by atoms with Crippen molar-refractivity contribution in [3.05, 3.63) is 95.8 Å². The molecule has 2 atom stereocenters. The molecule has 4 aromatic rings. The van der Waals surface area contributed by atoms with Crippen LogP contribution in [0.2, 0.25) is 0 Å². The summed E-state index contributed by atoms with van der Waals surface area (Å²) < 4.78 is 95.6. The van der Waals surface area contributed by atoms with Gasteiger partial charge in [-0.25, -0.2) is 12.8 Å². The molecule has 1 heterocycles. The molecule has 16 heteroatoms. The summed E-state index contributed by atoms with van der Waals surface area (Å²) in [6, 6.07) is 19.0. The van der Waals surface area contributed by atoms with E-state index in [1.807, 2.05) is 49.4 Å². The molecule has 2 amide bonds. The van der Waals surface area contributed by atoms with Crippen LogP contribution < -0.4 is 25.4 Å². The average molecular weight is 800 g/mol.